The summed E-state index contributed by atoms with van der Waals surface area (Å²) in [6.45, 7) is 0.950. The number of amides is 2. The number of hydrogen-bond donors (Lipinski definition) is 1. The number of sulfone groups is 1. The first-order chi connectivity index (χ1) is 12.7. The summed E-state index contributed by atoms with van der Waals surface area (Å²) in [4.78, 5) is 25.1. The highest BCUT2D eigenvalue weighted by Crippen LogP contribution is 2.28. The SMILES string of the molecule is CS(=O)(=O)c1cc(F)c(O[C@H]2CCCN(C3CCNC(=O)C3)C2=O)cc1F. The Balaban J connectivity index is 1.78. The van der Waals surface area contributed by atoms with Crippen molar-refractivity contribution in [2.45, 2.75) is 42.7 Å². The maximum atomic E-state index is 14.2. The van der Waals surface area contributed by atoms with Crippen LogP contribution >= 0.6 is 0 Å². The number of carbonyl (C=O) groups excluding carboxylic acids is 2. The Morgan fingerprint density at radius 3 is 2.59 bits per heavy atom. The third kappa shape index (κ3) is 4.20. The van der Waals surface area contributed by atoms with Gasteiger partial charge in [0.2, 0.25) is 5.91 Å². The van der Waals surface area contributed by atoms with Crippen LogP contribution in [-0.4, -0.2) is 56.6 Å². The van der Waals surface area contributed by atoms with E-state index in [0.717, 1.165) is 6.26 Å². The molecule has 1 N–H and O–H groups in total. The average Bonchev–Trinajstić information content (AvgIpc) is 2.58. The van der Waals surface area contributed by atoms with Crippen LogP contribution in [0.25, 0.3) is 0 Å². The fourth-order valence-corrected chi connectivity index (χ4v) is 4.14. The van der Waals surface area contributed by atoms with Crippen molar-refractivity contribution >= 4 is 21.7 Å². The van der Waals surface area contributed by atoms with Crippen LogP contribution in [0.1, 0.15) is 25.7 Å². The molecule has 0 radical (unpaired) electrons. The lowest BCUT2D eigenvalue weighted by Crippen LogP contribution is -2.54. The highest BCUT2D eigenvalue weighted by atomic mass is 32.2. The normalized spacial score (nSPS) is 23.9. The van der Waals surface area contributed by atoms with Gasteiger partial charge < -0.3 is 15.0 Å². The van der Waals surface area contributed by atoms with Crippen molar-refractivity contribution in [2.24, 2.45) is 0 Å². The van der Waals surface area contributed by atoms with Gasteiger partial charge in [-0.25, -0.2) is 17.2 Å². The summed E-state index contributed by atoms with van der Waals surface area (Å²) < 4.78 is 56.6. The molecule has 2 aliphatic rings. The van der Waals surface area contributed by atoms with Crippen molar-refractivity contribution in [2.75, 3.05) is 19.3 Å². The maximum absolute atomic E-state index is 14.2. The molecule has 0 saturated carbocycles. The van der Waals surface area contributed by atoms with Crippen LogP contribution in [0.3, 0.4) is 0 Å². The molecule has 2 saturated heterocycles. The number of nitrogens with zero attached hydrogens (tertiary/aromatic N) is 1. The standard InChI is InChI=1S/C17H20F2N2O5S/c1-27(24,25)15-9-11(18)14(8-12(15)19)26-13-3-2-6-21(17(13)23)10-4-5-20-16(22)7-10/h8-10,13H,2-7H2,1H3,(H,20,22)/t10?,13-/m0/s1. The fraction of sp³-hybridized carbons (Fsp3) is 0.529. The summed E-state index contributed by atoms with van der Waals surface area (Å²) in [5.41, 5.74) is 0. The second-order valence-electron chi connectivity index (χ2n) is 6.76. The maximum Gasteiger partial charge on any atom is 0.263 e. The van der Waals surface area contributed by atoms with E-state index in [0.29, 0.717) is 44.5 Å². The first-order valence-corrected chi connectivity index (χ1v) is 10.5. The number of hydrogen-bond acceptors (Lipinski definition) is 5. The van der Waals surface area contributed by atoms with Crippen LogP contribution in [0.5, 0.6) is 5.75 Å². The van der Waals surface area contributed by atoms with Crippen molar-refractivity contribution in [3.63, 3.8) is 0 Å². The number of carbonyl (C=O) groups is 2. The molecule has 2 atom stereocenters. The Kier molecular flexibility index (Phi) is 5.36. The molecule has 27 heavy (non-hydrogen) atoms. The van der Waals surface area contributed by atoms with Gasteiger partial charge in [0.15, 0.2) is 27.5 Å². The number of likely N-dealkylation sites (tertiary alicyclic amines) is 1. The lowest BCUT2D eigenvalue weighted by atomic mass is 9.99. The summed E-state index contributed by atoms with van der Waals surface area (Å²) >= 11 is 0. The lowest BCUT2D eigenvalue weighted by molar-refractivity contribution is -0.146. The summed E-state index contributed by atoms with van der Waals surface area (Å²) in [5, 5.41) is 2.70. The third-order valence-corrected chi connectivity index (χ3v) is 5.85. The highest BCUT2D eigenvalue weighted by Gasteiger charge is 2.37. The van der Waals surface area contributed by atoms with E-state index in [1.54, 1.807) is 4.90 Å². The Morgan fingerprint density at radius 1 is 1.19 bits per heavy atom. The lowest BCUT2D eigenvalue weighted by Gasteiger charge is -2.39. The minimum absolute atomic E-state index is 0.133. The molecule has 0 spiro atoms. The minimum Gasteiger partial charge on any atom is -0.477 e. The molecule has 2 amide bonds. The van der Waals surface area contributed by atoms with Gasteiger partial charge in [-0.2, -0.15) is 0 Å². The molecule has 3 rings (SSSR count). The quantitative estimate of drug-likeness (QED) is 0.812. The number of rotatable bonds is 4. The van der Waals surface area contributed by atoms with Crippen LogP contribution in [0.15, 0.2) is 17.0 Å². The monoisotopic (exact) mass is 402 g/mol. The van der Waals surface area contributed by atoms with E-state index in [1.807, 2.05) is 0 Å². The molecule has 2 fully saturated rings. The fourth-order valence-electron chi connectivity index (χ4n) is 3.41. The van der Waals surface area contributed by atoms with Crippen LogP contribution in [0.4, 0.5) is 8.78 Å². The third-order valence-electron chi connectivity index (χ3n) is 4.74. The molecule has 0 aromatic heterocycles. The molecule has 148 valence electrons. The van der Waals surface area contributed by atoms with Gasteiger partial charge in [-0.3, -0.25) is 9.59 Å². The molecule has 0 aliphatic carbocycles. The van der Waals surface area contributed by atoms with Crippen molar-refractivity contribution in [3.8, 4) is 5.75 Å². The topological polar surface area (TPSA) is 92.8 Å². The summed E-state index contributed by atoms with van der Waals surface area (Å²) in [6.07, 6.45) is 1.50. The summed E-state index contributed by atoms with van der Waals surface area (Å²) in [7, 11) is -3.93. The van der Waals surface area contributed by atoms with Gasteiger partial charge in [0.25, 0.3) is 5.91 Å². The van der Waals surface area contributed by atoms with E-state index in [4.69, 9.17) is 4.74 Å². The van der Waals surface area contributed by atoms with E-state index in [1.165, 1.54) is 0 Å². The second-order valence-corrected chi connectivity index (χ2v) is 8.75. The van der Waals surface area contributed by atoms with Crippen LogP contribution in [0.2, 0.25) is 0 Å². The van der Waals surface area contributed by atoms with Gasteiger partial charge in [-0.15, -0.1) is 0 Å². The Labute approximate surface area is 155 Å². The Bertz CT molecular complexity index is 874. The molecule has 10 heteroatoms. The molecule has 2 heterocycles. The first kappa shape index (κ1) is 19.5. The highest BCUT2D eigenvalue weighted by molar-refractivity contribution is 7.90. The van der Waals surface area contributed by atoms with Gasteiger partial charge in [0.05, 0.1) is 0 Å². The minimum atomic E-state index is -3.93. The van der Waals surface area contributed by atoms with E-state index in [-0.39, 0.29) is 24.3 Å². The Morgan fingerprint density at radius 2 is 1.93 bits per heavy atom. The van der Waals surface area contributed by atoms with E-state index in [9.17, 15) is 26.8 Å². The molecule has 1 aromatic carbocycles. The zero-order valence-corrected chi connectivity index (χ0v) is 15.5. The average molecular weight is 402 g/mol. The molecular formula is C17H20F2N2O5S. The van der Waals surface area contributed by atoms with Crippen molar-refractivity contribution in [3.05, 3.63) is 23.8 Å². The predicted molar refractivity (Wildman–Crippen MR) is 90.9 cm³/mol. The zero-order valence-electron chi connectivity index (χ0n) is 14.7. The number of ether oxygens (including phenoxy) is 1. The van der Waals surface area contributed by atoms with E-state index in [2.05, 4.69) is 5.32 Å². The second kappa shape index (κ2) is 7.41. The zero-order chi connectivity index (χ0) is 19.8. The van der Waals surface area contributed by atoms with Gasteiger partial charge in [0, 0.05) is 37.9 Å². The number of halogens is 2. The van der Waals surface area contributed by atoms with Gasteiger partial charge in [-0.05, 0) is 25.3 Å². The largest absolute Gasteiger partial charge is 0.477 e. The van der Waals surface area contributed by atoms with Gasteiger partial charge >= 0.3 is 0 Å². The molecule has 2 aliphatic heterocycles. The smallest absolute Gasteiger partial charge is 0.263 e. The van der Waals surface area contributed by atoms with Crippen LogP contribution < -0.4 is 10.1 Å². The first-order valence-electron chi connectivity index (χ1n) is 8.60. The predicted octanol–water partition coefficient (Wildman–Crippen LogP) is 1.02. The Hall–Kier alpha value is -2.23. The summed E-state index contributed by atoms with van der Waals surface area (Å²) in [6, 6.07) is 0.953. The van der Waals surface area contributed by atoms with Crippen molar-refractivity contribution < 1.29 is 31.5 Å². The van der Waals surface area contributed by atoms with Crippen molar-refractivity contribution in [1.82, 2.24) is 10.2 Å². The van der Waals surface area contributed by atoms with E-state index < -0.39 is 38.2 Å². The molecule has 7 nitrogen and oxygen atoms in total. The molecular weight excluding hydrogens is 382 g/mol. The van der Waals surface area contributed by atoms with E-state index >= 15 is 0 Å². The van der Waals surface area contributed by atoms with Gasteiger partial charge in [0.1, 0.15) is 10.7 Å². The van der Waals surface area contributed by atoms with Gasteiger partial charge in [-0.1, -0.05) is 0 Å². The number of piperidine rings is 2. The number of benzene rings is 1. The van der Waals surface area contributed by atoms with Crippen molar-refractivity contribution in [1.29, 1.82) is 0 Å². The van der Waals surface area contributed by atoms with Crippen LogP contribution in [0, 0.1) is 11.6 Å². The summed E-state index contributed by atoms with van der Waals surface area (Å²) in [5.74, 6) is -3.22. The molecule has 0 bridgehead atoms. The van der Waals surface area contributed by atoms with Crippen LogP contribution in [-0.2, 0) is 19.4 Å². The molecule has 1 unspecified atom stereocenters. The number of nitrogens with one attached hydrogen (secondary N) is 1. The molecule has 1 aromatic rings.